The van der Waals surface area contributed by atoms with Gasteiger partial charge in [0.2, 0.25) is 0 Å². The van der Waals surface area contributed by atoms with Gasteiger partial charge in [0, 0.05) is 36.8 Å². The first kappa shape index (κ1) is 15.1. The van der Waals surface area contributed by atoms with Crippen molar-refractivity contribution in [3.8, 4) is 0 Å². The van der Waals surface area contributed by atoms with Crippen molar-refractivity contribution in [3.63, 3.8) is 0 Å². The number of hydrogen-bond acceptors (Lipinski definition) is 2. The zero-order chi connectivity index (χ0) is 14.4. The normalized spacial score (nSPS) is 11.6. The highest BCUT2D eigenvalue weighted by atomic mass is 16.2. The first-order chi connectivity index (χ1) is 9.72. The van der Waals surface area contributed by atoms with Gasteiger partial charge in [-0.25, -0.2) is 0 Å². The monoisotopic (exact) mass is 274 g/mol. The van der Waals surface area contributed by atoms with Crippen molar-refractivity contribution in [1.82, 2.24) is 9.88 Å². The third kappa shape index (κ3) is 3.84. The average Bonchev–Trinajstić information content (AvgIpc) is 2.78. The number of fused-ring (bicyclic) bond motifs is 1. The van der Waals surface area contributed by atoms with Crippen molar-refractivity contribution in [3.05, 3.63) is 36.0 Å². The van der Waals surface area contributed by atoms with Crippen LogP contribution in [0.3, 0.4) is 0 Å². The van der Waals surface area contributed by atoms with Crippen LogP contribution in [0, 0.1) is 5.92 Å². The summed E-state index contributed by atoms with van der Waals surface area (Å²) in [6, 6.07) is 8.58. The number of aryl methyl sites for hydroxylation is 1. The Hall–Kier alpha value is -1.32. The first-order valence-corrected chi connectivity index (χ1v) is 7.60. The maximum atomic E-state index is 8.91. The van der Waals surface area contributed by atoms with Gasteiger partial charge in [-0.3, -0.25) is 0 Å². The summed E-state index contributed by atoms with van der Waals surface area (Å²) in [6.07, 6.45) is 4.15. The van der Waals surface area contributed by atoms with Gasteiger partial charge in [-0.15, -0.1) is 0 Å². The fourth-order valence-corrected chi connectivity index (χ4v) is 2.54. The number of nitrogens with zero attached hydrogens (tertiary/aromatic N) is 1. The maximum absolute atomic E-state index is 8.91. The lowest BCUT2D eigenvalue weighted by molar-refractivity contribution is 0.281. The minimum absolute atomic E-state index is 0.280. The second kappa shape index (κ2) is 7.46. The lowest BCUT2D eigenvalue weighted by Crippen LogP contribution is -2.18. The van der Waals surface area contributed by atoms with Crippen LogP contribution in [-0.2, 0) is 13.1 Å². The van der Waals surface area contributed by atoms with Crippen molar-refractivity contribution < 1.29 is 5.11 Å². The molecule has 3 nitrogen and oxygen atoms in total. The van der Waals surface area contributed by atoms with E-state index in [0.717, 1.165) is 32.5 Å². The van der Waals surface area contributed by atoms with E-state index in [-0.39, 0.29) is 6.61 Å². The predicted molar refractivity (Wildman–Crippen MR) is 84.8 cm³/mol. The third-order valence-corrected chi connectivity index (χ3v) is 3.55. The molecule has 0 unspecified atom stereocenters. The van der Waals surface area contributed by atoms with Gasteiger partial charge in [0.15, 0.2) is 0 Å². The Kier molecular flexibility index (Phi) is 5.62. The molecule has 0 aliphatic carbocycles. The fraction of sp³-hybridized carbons (Fsp3) is 0.529. The van der Waals surface area contributed by atoms with Gasteiger partial charge >= 0.3 is 0 Å². The van der Waals surface area contributed by atoms with Crippen LogP contribution in [0.5, 0.6) is 0 Å². The Balaban J connectivity index is 2.13. The molecule has 2 rings (SSSR count). The first-order valence-electron chi connectivity index (χ1n) is 7.60. The van der Waals surface area contributed by atoms with Crippen molar-refractivity contribution in [2.24, 2.45) is 5.92 Å². The van der Waals surface area contributed by atoms with E-state index in [1.165, 1.54) is 16.5 Å². The van der Waals surface area contributed by atoms with Crippen LogP contribution >= 0.6 is 0 Å². The van der Waals surface area contributed by atoms with Crippen molar-refractivity contribution in [2.75, 3.05) is 13.2 Å². The molecule has 1 heterocycles. The molecule has 0 amide bonds. The quantitative estimate of drug-likeness (QED) is 0.726. The SMILES string of the molecule is CC(C)CNCc1cn(CCCCO)c2ccccc12. The topological polar surface area (TPSA) is 37.2 Å². The summed E-state index contributed by atoms with van der Waals surface area (Å²) in [5.41, 5.74) is 2.66. The summed E-state index contributed by atoms with van der Waals surface area (Å²) in [5, 5.41) is 13.8. The predicted octanol–water partition coefficient (Wildman–Crippen LogP) is 3.16. The van der Waals surface area contributed by atoms with Gasteiger partial charge in [0.1, 0.15) is 0 Å². The van der Waals surface area contributed by atoms with Crippen molar-refractivity contribution in [2.45, 2.75) is 39.8 Å². The van der Waals surface area contributed by atoms with Crippen LogP contribution in [0.4, 0.5) is 0 Å². The molecule has 110 valence electrons. The molecule has 0 fully saturated rings. The Morgan fingerprint density at radius 2 is 2.00 bits per heavy atom. The van der Waals surface area contributed by atoms with Crippen LogP contribution in [-0.4, -0.2) is 22.8 Å². The number of hydrogen-bond donors (Lipinski definition) is 2. The van der Waals surface area contributed by atoms with Gasteiger partial charge in [0.25, 0.3) is 0 Å². The van der Waals surface area contributed by atoms with E-state index in [1.54, 1.807) is 0 Å². The third-order valence-electron chi connectivity index (χ3n) is 3.55. The van der Waals surface area contributed by atoms with E-state index in [0.29, 0.717) is 5.92 Å². The van der Waals surface area contributed by atoms with Gasteiger partial charge in [-0.2, -0.15) is 0 Å². The van der Waals surface area contributed by atoms with Gasteiger partial charge < -0.3 is 15.0 Å². The summed E-state index contributed by atoms with van der Waals surface area (Å²) in [6.45, 7) is 7.68. The second-order valence-corrected chi connectivity index (χ2v) is 5.82. The number of nitrogens with one attached hydrogen (secondary N) is 1. The van der Waals surface area contributed by atoms with Crippen LogP contribution < -0.4 is 5.32 Å². The van der Waals surface area contributed by atoms with Crippen LogP contribution in [0.2, 0.25) is 0 Å². The Morgan fingerprint density at radius 1 is 1.20 bits per heavy atom. The lowest BCUT2D eigenvalue weighted by atomic mass is 10.1. The average molecular weight is 274 g/mol. The molecule has 2 aromatic rings. The summed E-state index contributed by atoms with van der Waals surface area (Å²) in [5.74, 6) is 0.674. The van der Waals surface area contributed by atoms with Crippen LogP contribution in [0.1, 0.15) is 32.3 Å². The molecule has 1 aromatic carbocycles. The molecule has 1 aromatic heterocycles. The highest BCUT2D eigenvalue weighted by Gasteiger charge is 2.07. The summed E-state index contributed by atoms with van der Waals surface area (Å²) in [7, 11) is 0. The summed E-state index contributed by atoms with van der Waals surface area (Å²) < 4.78 is 2.32. The molecular formula is C17H26N2O. The van der Waals surface area contributed by atoms with Gasteiger partial charge in [0.05, 0.1) is 0 Å². The zero-order valence-electron chi connectivity index (χ0n) is 12.6. The summed E-state index contributed by atoms with van der Waals surface area (Å²) in [4.78, 5) is 0. The zero-order valence-corrected chi connectivity index (χ0v) is 12.6. The second-order valence-electron chi connectivity index (χ2n) is 5.82. The largest absolute Gasteiger partial charge is 0.396 e. The van der Waals surface area contributed by atoms with E-state index in [9.17, 15) is 0 Å². The molecule has 0 saturated heterocycles. The minimum Gasteiger partial charge on any atom is -0.396 e. The number of para-hydroxylation sites is 1. The molecule has 0 aliphatic rings. The van der Waals surface area contributed by atoms with Crippen LogP contribution in [0.15, 0.2) is 30.5 Å². The number of benzene rings is 1. The van der Waals surface area contributed by atoms with Crippen molar-refractivity contribution >= 4 is 10.9 Å². The molecule has 2 N–H and O–H groups in total. The minimum atomic E-state index is 0.280. The number of aromatic nitrogens is 1. The smallest absolute Gasteiger partial charge is 0.0483 e. The highest BCUT2D eigenvalue weighted by Crippen LogP contribution is 2.21. The van der Waals surface area contributed by atoms with Crippen LogP contribution in [0.25, 0.3) is 10.9 Å². The molecule has 0 saturated carbocycles. The van der Waals surface area contributed by atoms with E-state index >= 15 is 0 Å². The standard InChI is InChI=1S/C17H26N2O/c1-14(2)11-18-12-15-13-19(9-5-6-10-20)17-8-4-3-7-16(15)17/h3-4,7-8,13-14,18,20H,5-6,9-12H2,1-2H3. The molecule has 0 radical (unpaired) electrons. The van der Waals surface area contributed by atoms with Crippen molar-refractivity contribution in [1.29, 1.82) is 0 Å². The molecule has 3 heteroatoms. The molecule has 20 heavy (non-hydrogen) atoms. The van der Waals surface area contributed by atoms with Gasteiger partial charge in [-0.1, -0.05) is 32.0 Å². The Labute approximate surface area is 121 Å². The molecule has 0 aliphatic heterocycles. The molecule has 0 bridgehead atoms. The Bertz CT molecular complexity index is 531. The molecule has 0 spiro atoms. The van der Waals surface area contributed by atoms with E-state index in [2.05, 4.69) is 54.2 Å². The van der Waals surface area contributed by atoms with E-state index in [1.807, 2.05) is 0 Å². The highest BCUT2D eigenvalue weighted by molar-refractivity contribution is 5.83. The summed E-state index contributed by atoms with van der Waals surface area (Å²) >= 11 is 0. The Morgan fingerprint density at radius 3 is 2.75 bits per heavy atom. The van der Waals surface area contributed by atoms with E-state index < -0.39 is 0 Å². The number of aliphatic hydroxyl groups excluding tert-OH is 1. The number of rotatable bonds is 8. The van der Waals surface area contributed by atoms with E-state index in [4.69, 9.17) is 5.11 Å². The number of aliphatic hydroxyl groups is 1. The van der Waals surface area contributed by atoms with Gasteiger partial charge in [-0.05, 0) is 36.9 Å². The molecular weight excluding hydrogens is 248 g/mol. The maximum Gasteiger partial charge on any atom is 0.0483 e. The fourth-order valence-electron chi connectivity index (χ4n) is 2.54. The lowest BCUT2D eigenvalue weighted by Gasteiger charge is -2.06. The molecule has 0 atom stereocenters. The number of unbranched alkanes of at least 4 members (excludes halogenated alkanes) is 1.